The molecule has 0 bridgehead atoms. The Kier molecular flexibility index (Phi) is 7.39. The molecule has 2 rings (SSSR count). The number of methoxy groups -OCH3 is 1. The zero-order valence-electron chi connectivity index (χ0n) is 14.0. The van der Waals surface area contributed by atoms with E-state index in [-0.39, 0.29) is 24.1 Å². The molecule has 1 unspecified atom stereocenters. The summed E-state index contributed by atoms with van der Waals surface area (Å²) in [5.74, 6) is 1.72. The van der Waals surface area contributed by atoms with Gasteiger partial charge in [0.1, 0.15) is 13.0 Å². The minimum Gasteiger partial charge on any atom is -0.493 e. The smallest absolute Gasteiger partial charge is 0.313 e. The average molecular weight is 353 g/mol. The zero-order valence-corrected chi connectivity index (χ0v) is 14.8. The maximum atomic E-state index is 12.0. The molecule has 1 atom stereocenters. The Hall–Kier alpha value is -1.73. The van der Waals surface area contributed by atoms with Crippen LogP contribution in [0.25, 0.3) is 0 Å². The largest absolute Gasteiger partial charge is 0.493 e. The fourth-order valence-electron chi connectivity index (χ4n) is 2.44. The second-order valence-electron chi connectivity index (χ2n) is 5.28. The van der Waals surface area contributed by atoms with Crippen LogP contribution in [0.5, 0.6) is 11.5 Å². The summed E-state index contributed by atoms with van der Waals surface area (Å²) in [6, 6.07) is 7.48. The van der Waals surface area contributed by atoms with Crippen molar-refractivity contribution in [3.05, 3.63) is 24.3 Å². The maximum Gasteiger partial charge on any atom is 0.313 e. The lowest BCUT2D eigenvalue weighted by atomic mass is 10.2. The van der Waals surface area contributed by atoms with Gasteiger partial charge in [0.15, 0.2) is 17.3 Å². The molecule has 0 aliphatic carbocycles. The van der Waals surface area contributed by atoms with Crippen molar-refractivity contribution in [1.29, 1.82) is 0 Å². The van der Waals surface area contributed by atoms with E-state index in [1.54, 1.807) is 25.8 Å². The number of thioether (sulfide) groups is 1. The number of rotatable bonds is 9. The van der Waals surface area contributed by atoms with Crippen molar-refractivity contribution in [3.8, 4) is 11.5 Å². The number of carbonyl (C=O) groups is 2. The number of ether oxygens (including phenoxy) is 3. The minimum absolute atomic E-state index is 0.0843. The Balaban J connectivity index is 1.84. The number of ketones is 1. The number of hydrogen-bond donors (Lipinski definition) is 0. The third-order valence-electron chi connectivity index (χ3n) is 3.57. The van der Waals surface area contributed by atoms with E-state index in [2.05, 4.69) is 0 Å². The molecule has 1 fully saturated rings. The van der Waals surface area contributed by atoms with Crippen LogP contribution < -0.4 is 9.47 Å². The Labute approximate surface area is 146 Å². The van der Waals surface area contributed by atoms with Crippen molar-refractivity contribution in [2.45, 2.75) is 18.7 Å². The van der Waals surface area contributed by atoms with E-state index in [1.165, 1.54) is 0 Å². The maximum absolute atomic E-state index is 12.0. The molecule has 1 aromatic carbocycles. The van der Waals surface area contributed by atoms with E-state index >= 15 is 0 Å². The number of carbonyl (C=O) groups excluding carboxylic acids is 2. The Morgan fingerprint density at radius 2 is 2.04 bits per heavy atom. The van der Waals surface area contributed by atoms with Crippen molar-refractivity contribution in [1.82, 2.24) is 4.90 Å². The van der Waals surface area contributed by atoms with E-state index in [9.17, 15) is 9.59 Å². The van der Waals surface area contributed by atoms with Crippen LogP contribution in [0.2, 0.25) is 0 Å². The van der Waals surface area contributed by atoms with Gasteiger partial charge >= 0.3 is 5.97 Å². The molecule has 0 aromatic heterocycles. The molecule has 0 amide bonds. The molecule has 0 N–H and O–H groups in total. The fraction of sp³-hybridized carbons (Fsp3) is 0.529. The Morgan fingerprint density at radius 3 is 2.75 bits per heavy atom. The van der Waals surface area contributed by atoms with Gasteiger partial charge in [0, 0.05) is 12.3 Å². The summed E-state index contributed by atoms with van der Waals surface area (Å²) in [6.45, 7) is 3.52. The Bertz CT molecular complexity index is 566. The molecule has 7 heteroatoms. The number of Topliss-reactive ketones (excluding diaryl/α,β-unsaturated/α-hetero) is 1. The highest BCUT2D eigenvalue weighted by Gasteiger charge is 2.28. The molecule has 1 aliphatic heterocycles. The summed E-state index contributed by atoms with van der Waals surface area (Å²) in [7, 11) is 1.60. The standard InChI is InChI=1S/C17H23NO5S/c1-3-22-17(20)10-13(19)11-18-8-9-24-16(18)12-23-15-7-5-4-6-14(15)21-2/h4-7,16H,3,8-12H2,1-2H3. The summed E-state index contributed by atoms with van der Waals surface area (Å²) in [5.41, 5.74) is 0. The van der Waals surface area contributed by atoms with Gasteiger partial charge in [-0.25, -0.2) is 0 Å². The number of nitrogens with zero attached hydrogens (tertiary/aromatic N) is 1. The number of hydrogen-bond acceptors (Lipinski definition) is 7. The highest BCUT2D eigenvalue weighted by Crippen LogP contribution is 2.29. The van der Waals surface area contributed by atoms with Gasteiger partial charge in [-0.1, -0.05) is 12.1 Å². The van der Waals surface area contributed by atoms with Gasteiger partial charge < -0.3 is 14.2 Å². The third kappa shape index (κ3) is 5.42. The van der Waals surface area contributed by atoms with E-state index in [0.717, 1.165) is 12.3 Å². The first-order valence-corrected chi connectivity index (χ1v) is 8.97. The number of esters is 1. The number of benzene rings is 1. The van der Waals surface area contributed by atoms with Crippen LogP contribution in [0.15, 0.2) is 24.3 Å². The van der Waals surface area contributed by atoms with Crippen molar-refractivity contribution in [2.75, 3.05) is 39.2 Å². The molecule has 1 saturated heterocycles. The second-order valence-corrected chi connectivity index (χ2v) is 6.56. The molecule has 1 heterocycles. The molecule has 24 heavy (non-hydrogen) atoms. The van der Waals surface area contributed by atoms with Gasteiger partial charge in [0.2, 0.25) is 0 Å². The first-order chi connectivity index (χ1) is 11.6. The normalized spacial score (nSPS) is 17.5. The SMILES string of the molecule is CCOC(=O)CC(=O)CN1CCSC1COc1ccccc1OC. The van der Waals surface area contributed by atoms with Gasteiger partial charge in [0.25, 0.3) is 0 Å². The van der Waals surface area contributed by atoms with E-state index in [4.69, 9.17) is 14.2 Å². The molecule has 132 valence electrons. The molecule has 6 nitrogen and oxygen atoms in total. The first-order valence-electron chi connectivity index (χ1n) is 7.92. The summed E-state index contributed by atoms with van der Waals surface area (Å²) < 4.78 is 15.9. The zero-order chi connectivity index (χ0) is 17.4. The van der Waals surface area contributed by atoms with Crippen LogP contribution in [0, 0.1) is 0 Å². The van der Waals surface area contributed by atoms with Crippen LogP contribution in [-0.2, 0) is 14.3 Å². The van der Waals surface area contributed by atoms with Gasteiger partial charge in [-0.3, -0.25) is 14.5 Å². The molecular formula is C17H23NO5S. The monoisotopic (exact) mass is 353 g/mol. The van der Waals surface area contributed by atoms with E-state index in [1.807, 2.05) is 29.2 Å². The lowest BCUT2D eigenvalue weighted by molar-refractivity contribution is -0.145. The molecule has 1 aliphatic rings. The summed E-state index contributed by atoms with van der Waals surface area (Å²) >= 11 is 1.75. The van der Waals surface area contributed by atoms with Crippen LogP contribution in [-0.4, -0.2) is 61.2 Å². The predicted molar refractivity (Wildman–Crippen MR) is 92.6 cm³/mol. The van der Waals surface area contributed by atoms with Crippen LogP contribution in [0.3, 0.4) is 0 Å². The second kappa shape index (κ2) is 9.54. The minimum atomic E-state index is -0.462. The number of para-hydroxylation sites is 2. The van der Waals surface area contributed by atoms with Gasteiger partial charge in [-0.15, -0.1) is 11.8 Å². The van der Waals surface area contributed by atoms with Crippen molar-refractivity contribution in [2.24, 2.45) is 0 Å². The molecule has 0 spiro atoms. The van der Waals surface area contributed by atoms with Crippen molar-refractivity contribution < 1.29 is 23.8 Å². The van der Waals surface area contributed by atoms with Gasteiger partial charge in [0.05, 0.1) is 25.6 Å². The third-order valence-corrected chi connectivity index (χ3v) is 4.81. The molecular weight excluding hydrogens is 330 g/mol. The van der Waals surface area contributed by atoms with Crippen molar-refractivity contribution in [3.63, 3.8) is 0 Å². The lowest BCUT2D eigenvalue weighted by Gasteiger charge is -2.23. The molecule has 1 aromatic rings. The highest BCUT2D eigenvalue weighted by atomic mass is 32.2. The molecule has 0 saturated carbocycles. The Morgan fingerprint density at radius 1 is 1.29 bits per heavy atom. The summed E-state index contributed by atoms with van der Waals surface area (Å²) in [6.07, 6.45) is -0.172. The van der Waals surface area contributed by atoms with Crippen LogP contribution in [0.1, 0.15) is 13.3 Å². The summed E-state index contributed by atoms with van der Waals surface area (Å²) in [5, 5.41) is 0.0843. The fourth-order valence-corrected chi connectivity index (χ4v) is 3.61. The van der Waals surface area contributed by atoms with E-state index in [0.29, 0.717) is 24.7 Å². The van der Waals surface area contributed by atoms with Crippen LogP contribution >= 0.6 is 11.8 Å². The topological polar surface area (TPSA) is 65.1 Å². The quantitative estimate of drug-likeness (QED) is 0.497. The lowest BCUT2D eigenvalue weighted by Crippen LogP contribution is -2.37. The van der Waals surface area contributed by atoms with Gasteiger partial charge in [-0.05, 0) is 19.1 Å². The van der Waals surface area contributed by atoms with Crippen molar-refractivity contribution >= 4 is 23.5 Å². The highest BCUT2D eigenvalue weighted by molar-refractivity contribution is 8.00. The van der Waals surface area contributed by atoms with Gasteiger partial charge in [-0.2, -0.15) is 0 Å². The average Bonchev–Trinajstić information content (AvgIpc) is 3.00. The first kappa shape index (κ1) is 18.6. The molecule has 0 radical (unpaired) electrons. The van der Waals surface area contributed by atoms with Crippen LogP contribution in [0.4, 0.5) is 0 Å². The predicted octanol–water partition coefficient (Wildman–Crippen LogP) is 1.97. The summed E-state index contributed by atoms with van der Waals surface area (Å²) in [4.78, 5) is 25.4. The van der Waals surface area contributed by atoms with E-state index < -0.39 is 5.97 Å².